The van der Waals surface area contributed by atoms with Gasteiger partial charge < -0.3 is 15.4 Å². The number of halogens is 1. The van der Waals surface area contributed by atoms with E-state index >= 15 is 0 Å². The third-order valence-electron chi connectivity index (χ3n) is 4.54. The monoisotopic (exact) mass is 420 g/mol. The van der Waals surface area contributed by atoms with E-state index in [0.29, 0.717) is 29.7 Å². The molecule has 0 amide bonds. The van der Waals surface area contributed by atoms with Crippen LogP contribution in [0.3, 0.4) is 0 Å². The van der Waals surface area contributed by atoms with Gasteiger partial charge in [0.15, 0.2) is 5.96 Å². The van der Waals surface area contributed by atoms with Crippen LogP contribution in [0.4, 0.5) is 4.39 Å². The van der Waals surface area contributed by atoms with E-state index in [-0.39, 0.29) is 23.2 Å². The number of carbonyl (C=O) groups is 1. The Morgan fingerprint density at radius 1 is 1.34 bits per heavy atom. The summed E-state index contributed by atoms with van der Waals surface area (Å²) < 4.78 is 18.3. The Hall–Kier alpha value is -2.48. The van der Waals surface area contributed by atoms with Gasteiger partial charge in [-0.05, 0) is 38.5 Å². The fraction of sp³-hybridized carbons (Fsp3) is 0.476. The fourth-order valence-corrected chi connectivity index (χ4v) is 3.72. The number of aromatic nitrogens is 1. The van der Waals surface area contributed by atoms with Crippen LogP contribution in [0.1, 0.15) is 59.7 Å². The summed E-state index contributed by atoms with van der Waals surface area (Å²) in [4.78, 5) is 21.3. The van der Waals surface area contributed by atoms with Crippen molar-refractivity contribution in [1.82, 2.24) is 15.6 Å². The van der Waals surface area contributed by atoms with E-state index in [2.05, 4.69) is 34.5 Å². The second kappa shape index (κ2) is 9.82. The van der Waals surface area contributed by atoms with E-state index in [4.69, 9.17) is 4.74 Å². The smallest absolute Gasteiger partial charge is 0.350 e. The molecule has 0 spiro atoms. The summed E-state index contributed by atoms with van der Waals surface area (Å²) >= 11 is 1.32. The van der Waals surface area contributed by atoms with Crippen molar-refractivity contribution >= 4 is 23.3 Å². The van der Waals surface area contributed by atoms with E-state index in [1.165, 1.54) is 23.5 Å². The number of esters is 1. The van der Waals surface area contributed by atoms with Crippen LogP contribution in [0.2, 0.25) is 0 Å². The highest BCUT2D eigenvalue weighted by atomic mass is 32.1. The average molecular weight is 421 g/mol. The van der Waals surface area contributed by atoms with Crippen molar-refractivity contribution in [2.45, 2.75) is 46.1 Å². The van der Waals surface area contributed by atoms with Gasteiger partial charge >= 0.3 is 5.97 Å². The lowest BCUT2D eigenvalue weighted by atomic mass is 9.84. The molecule has 1 unspecified atom stereocenters. The van der Waals surface area contributed by atoms with E-state index in [0.717, 1.165) is 10.6 Å². The molecule has 2 aromatic rings. The zero-order valence-corrected chi connectivity index (χ0v) is 18.6. The number of aryl methyl sites for hydroxylation is 1. The molecule has 2 rings (SSSR count). The first-order chi connectivity index (χ1) is 13.7. The maximum Gasteiger partial charge on any atom is 0.350 e. The molecule has 0 aliphatic carbocycles. The SMILES string of the molecule is CCOC(=O)c1sc(C(C)NC(=NC)NCC(C)(C)c2ccc(F)cc2)nc1C. The average Bonchev–Trinajstić information content (AvgIpc) is 3.07. The van der Waals surface area contributed by atoms with Crippen LogP contribution >= 0.6 is 11.3 Å². The minimum Gasteiger partial charge on any atom is -0.462 e. The van der Waals surface area contributed by atoms with Crippen molar-refractivity contribution in [1.29, 1.82) is 0 Å². The Bertz CT molecular complexity index is 862. The summed E-state index contributed by atoms with van der Waals surface area (Å²) in [6.07, 6.45) is 0. The Balaban J connectivity index is 2.01. The van der Waals surface area contributed by atoms with Crippen LogP contribution in [0, 0.1) is 12.7 Å². The Morgan fingerprint density at radius 2 is 2.00 bits per heavy atom. The first-order valence-corrected chi connectivity index (χ1v) is 10.4. The van der Waals surface area contributed by atoms with Crippen molar-refractivity contribution < 1.29 is 13.9 Å². The molecule has 0 bridgehead atoms. The molecule has 1 atom stereocenters. The van der Waals surface area contributed by atoms with Gasteiger partial charge in [0.2, 0.25) is 0 Å². The molecule has 8 heteroatoms. The molecule has 1 aromatic heterocycles. The van der Waals surface area contributed by atoms with Gasteiger partial charge in [0.25, 0.3) is 0 Å². The van der Waals surface area contributed by atoms with Crippen LogP contribution in [-0.2, 0) is 10.2 Å². The Morgan fingerprint density at radius 3 is 2.59 bits per heavy atom. The van der Waals surface area contributed by atoms with Crippen LogP contribution < -0.4 is 10.6 Å². The number of nitrogens with zero attached hydrogens (tertiary/aromatic N) is 2. The molecule has 0 radical (unpaired) electrons. The lowest BCUT2D eigenvalue weighted by molar-refractivity contribution is 0.0531. The highest BCUT2D eigenvalue weighted by Gasteiger charge is 2.23. The van der Waals surface area contributed by atoms with Crippen molar-refractivity contribution in [2.75, 3.05) is 20.2 Å². The minimum atomic E-state index is -0.343. The maximum atomic E-state index is 13.2. The normalized spacial score (nSPS) is 13.1. The van der Waals surface area contributed by atoms with E-state index < -0.39 is 0 Å². The number of thiazole rings is 1. The molecular formula is C21H29FN4O2S. The quantitative estimate of drug-likeness (QED) is 0.403. The second-order valence-electron chi connectivity index (χ2n) is 7.37. The number of carbonyl (C=O) groups excluding carboxylic acids is 1. The van der Waals surface area contributed by atoms with Crippen LogP contribution in [0.15, 0.2) is 29.3 Å². The fourth-order valence-electron chi connectivity index (χ4n) is 2.76. The van der Waals surface area contributed by atoms with Gasteiger partial charge in [0, 0.05) is 19.0 Å². The van der Waals surface area contributed by atoms with Crippen LogP contribution in [-0.4, -0.2) is 37.1 Å². The Labute approximate surface area is 175 Å². The van der Waals surface area contributed by atoms with Gasteiger partial charge in [-0.1, -0.05) is 26.0 Å². The maximum absolute atomic E-state index is 13.2. The van der Waals surface area contributed by atoms with Crippen molar-refractivity contribution in [3.63, 3.8) is 0 Å². The molecule has 29 heavy (non-hydrogen) atoms. The van der Waals surface area contributed by atoms with Gasteiger partial charge in [0.1, 0.15) is 15.7 Å². The lowest BCUT2D eigenvalue weighted by Gasteiger charge is -2.27. The van der Waals surface area contributed by atoms with Crippen LogP contribution in [0.5, 0.6) is 0 Å². The largest absolute Gasteiger partial charge is 0.462 e. The van der Waals surface area contributed by atoms with Gasteiger partial charge in [-0.3, -0.25) is 4.99 Å². The first-order valence-electron chi connectivity index (χ1n) is 9.55. The van der Waals surface area contributed by atoms with E-state index in [9.17, 15) is 9.18 Å². The van der Waals surface area contributed by atoms with Crippen molar-refractivity contribution in [2.24, 2.45) is 4.99 Å². The predicted molar refractivity (Wildman–Crippen MR) is 115 cm³/mol. The zero-order chi connectivity index (χ0) is 21.6. The van der Waals surface area contributed by atoms with E-state index in [1.807, 2.05) is 6.92 Å². The molecule has 0 aliphatic rings. The summed E-state index contributed by atoms with van der Waals surface area (Å²) in [7, 11) is 1.70. The molecule has 158 valence electrons. The van der Waals surface area contributed by atoms with Crippen LogP contribution in [0.25, 0.3) is 0 Å². The first kappa shape index (κ1) is 22.8. The van der Waals surface area contributed by atoms with Gasteiger partial charge in [0.05, 0.1) is 18.3 Å². The number of hydrogen-bond donors (Lipinski definition) is 2. The minimum absolute atomic E-state index is 0.137. The summed E-state index contributed by atoms with van der Waals surface area (Å²) in [6.45, 7) is 10.7. The topological polar surface area (TPSA) is 75.6 Å². The summed E-state index contributed by atoms with van der Waals surface area (Å²) in [5, 5.41) is 7.40. The number of aliphatic imine (C=N–C) groups is 1. The van der Waals surface area contributed by atoms with Gasteiger partial charge in [-0.2, -0.15) is 0 Å². The third kappa shape index (κ3) is 6.00. The molecule has 0 saturated carbocycles. The number of guanidine groups is 1. The van der Waals surface area contributed by atoms with Crippen molar-refractivity contribution in [3.05, 3.63) is 51.2 Å². The Kier molecular flexibility index (Phi) is 7.73. The van der Waals surface area contributed by atoms with Gasteiger partial charge in [-0.15, -0.1) is 11.3 Å². The summed E-state index contributed by atoms with van der Waals surface area (Å²) in [6, 6.07) is 6.40. The number of nitrogens with one attached hydrogen (secondary N) is 2. The molecule has 1 aromatic carbocycles. The molecule has 6 nitrogen and oxygen atoms in total. The standard InChI is InChI=1S/C21H29FN4O2S/c1-7-28-19(27)17-13(2)25-18(29-17)14(3)26-20(23-6)24-12-21(4,5)15-8-10-16(22)11-9-15/h8-11,14H,7,12H2,1-6H3,(H2,23,24,26). The predicted octanol–water partition coefficient (Wildman–Crippen LogP) is 3.97. The highest BCUT2D eigenvalue weighted by Crippen LogP contribution is 2.25. The zero-order valence-electron chi connectivity index (χ0n) is 17.8. The number of hydrogen-bond acceptors (Lipinski definition) is 5. The molecular weight excluding hydrogens is 391 g/mol. The highest BCUT2D eigenvalue weighted by molar-refractivity contribution is 7.13. The lowest BCUT2D eigenvalue weighted by Crippen LogP contribution is -2.44. The molecule has 0 saturated heterocycles. The molecule has 0 aliphatic heterocycles. The third-order valence-corrected chi connectivity index (χ3v) is 5.86. The van der Waals surface area contributed by atoms with Crippen molar-refractivity contribution in [3.8, 4) is 0 Å². The second-order valence-corrected chi connectivity index (χ2v) is 8.40. The van der Waals surface area contributed by atoms with Gasteiger partial charge in [-0.25, -0.2) is 14.2 Å². The number of benzene rings is 1. The molecule has 2 N–H and O–H groups in total. The number of ether oxygens (including phenoxy) is 1. The molecule has 1 heterocycles. The number of rotatable bonds is 7. The summed E-state index contributed by atoms with van der Waals surface area (Å²) in [5.74, 6) is 0.0347. The summed E-state index contributed by atoms with van der Waals surface area (Å²) in [5.41, 5.74) is 1.48. The van der Waals surface area contributed by atoms with E-state index in [1.54, 1.807) is 33.0 Å². The molecule has 0 fully saturated rings.